The molecule has 0 bridgehead atoms. The molecule has 1 aliphatic heterocycles. The average Bonchev–Trinajstić information content (AvgIpc) is 2.71. The highest BCUT2D eigenvalue weighted by molar-refractivity contribution is 5.87. The van der Waals surface area contributed by atoms with Crippen LogP contribution in [0.15, 0.2) is 12.2 Å². The van der Waals surface area contributed by atoms with E-state index in [1.807, 2.05) is 6.07 Å². The summed E-state index contributed by atoms with van der Waals surface area (Å²) < 4.78 is 0. The Morgan fingerprint density at radius 2 is 2.17 bits per heavy atom. The lowest BCUT2D eigenvalue weighted by Gasteiger charge is -2.33. The number of nitriles is 1. The van der Waals surface area contributed by atoms with Crippen molar-refractivity contribution >= 4 is 12.0 Å². The van der Waals surface area contributed by atoms with Crippen molar-refractivity contribution < 1.29 is 14.7 Å². The van der Waals surface area contributed by atoms with Crippen molar-refractivity contribution in [1.29, 1.82) is 5.26 Å². The number of hydrogen-bond donors (Lipinski definition) is 2. The molecule has 6 heteroatoms. The molecule has 0 saturated heterocycles. The fourth-order valence-electron chi connectivity index (χ4n) is 1.80. The van der Waals surface area contributed by atoms with E-state index < -0.39 is 23.6 Å². The van der Waals surface area contributed by atoms with E-state index >= 15 is 0 Å². The van der Waals surface area contributed by atoms with Gasteiger partial charge in [0.15, 0.2) is 0 Å². The lowest BCUT2D eigenvalue weighted by molar-refractivity contribution is -0.135. The van der Waals surface area contributed by atoms with Crippen molar-refractivity contribution in [2.75, 3.05) is 6.54 Å². The molecule has 0 radical (unpaired) electrons. The number of hydrogen-bond acceptors (Lipinski definition) is 3. The molecule has 1 aliphatic rings. The summed E-state index contributed by atoms with van der Waals surface area (Å²) in [6, 6.07) is 0.515. The number of nitrogens with one attached hydrogen (secondary N) is 1. The summed E-state index contributed by atoms with van der Waals surface area (Å²) in [7, 11) is 0. The molecule has 2 amide bonds. The smallest absolute Gasteiger partial charge is 0.405 e. The molecule has 1 heterocycles. The minimum Gasteiger partial charge on any atom is -0.465 e. The van der Waals surface area contributed by atoms with Gasteiger partial charge < -0.3 is 15.3 Å². The number of carboxylic acid groups (broad SMARTS) is 1. The van der Waals surface area contributed by atoms with Gasteiger partial charge in [-0.3, -0.25) is 4.79 Å². The molecule has 2 atom stereocenters. The van der Waals surface area contributed by atoms with Gasteiger partial charge >= 0.3 is 6.09 Å². The van der Waals surface area contributed by atoms with Crippen molar-refractivity contribution in [2.45, 2.75) is 32.9 Å². The third-order valence-electron chi connectivity index (χ3n) is 2.75. The van der Waals surface area contributed by atoms with Gasteiger partial charge in [-0.15, -0.1) is 0 Å². The van der Waals surface area contributed by atoms with Crippen LogP contribution in [0.5, 0.6) is 0 Å². The second kappa shape index (κ2) is 5.08. The highest BCUT2D eigenvalue weighted by atomic mass is 16.4. The van der Waals surface area contributed by atoms with Crippen LogP contribution in [0.1, 0.15) is 20.8 Å². The summed E-state index contributed by atoms with van der Waals surface area (Å²) in [5.74, 6) is -0.374. The Kier molecular flexibility index (Phi) is 3.96. The van der Waals surface area contributed by atoms with Crippen LogP contribution in [-0.2, 0) is 4.79 Å². The van der Waals surface area contributed by atoms with Gasteiger partial charge in [0.25, 0.3) is 0 Å². The van der Waals surface area contributed by atoms with Gasteiger partial charge in [0.2, 0.25) is 5.91 Å². The summed E-state index contributed by atoms with van der Waals surface area (Å²) in [5.41, 5.74) is -0.557. The number of rotatable bonds is 2. The van der Waals surface area contributed by atoms with Crippen molar-refractivity contribution in [2.24, 2.45) is 5.41 Å². The molecular formula is C12H17N3O3. The SMILES string of the molecule is CC(C)(C)C(NC(=O)O)C(=O)N1CC=CC1C#N. The number of carbonyl (C=O) groups is 2. The Labute approximate surface area is 106 Å². The Hall–Kier alpha value is -2.03. The monoisotopic (exact) mass is 251 g/mol. The first-order valence-corrected chi connectivity index (χ1v) is 5.63. The second-order valence-corrected chi connectivity index (χ2v) is 5.24. The maximum absolute atomic E-state index is 12.3. The van der Waals surface area contributed by atoms with Crippen LogP contribution in [-0.4, -0.2) is 40.6 Å². The summed E-state index contributed by atoms with van der Waals surface area (Å²) >= 11 is 0. The molecular weight excluding hydrogens is 234 g/mol. The van der Waals surface area contributed by atoms with Crippen LogP contribution in [0, 0.1) is 16.7 Å². The Morgan fingerprint density at radius 1 is 1.56 bits per heavy atom. The van der Waals surface area contributed by atoms with Gasteiger partial charge in [0.05, 0.1) is 6.07 Å². The largest absolute Gasteiger partial charge is 0.465 e. The van der Waals surface area contributed by atoms with E-state index in [9.17, 15) is 9.59 Å². The molecule has 18 heavy (non-hydrogen) atoms. The molecule has 0 spiro atoms. The normalized spacial score (nSPS) is 20.3. The standard InChI is InChI=1S/C12H17N3O3/c1-12(2,3)9(14-11(17)18)10(16)15-6-4-5-8(15)7-13/h4-5,8-9,14H,6H2,1-3H3,(H,17,18). The summed E-state index contributed by atoms with van der Waals surface area (Å²) in [6.45, 7) is 5.66. The van der Waals surface area contributed by atoms with Crippen LogP contribution >= 0.6 is 0 Å². The molecule has 0 aliphatic carbocycles. The fourth-order valence-corrected chi connectivity index (χ4v) is 1.80. The van der Waals surface area contributed by atoms with Crippen LogP contribution in [0.25, 0.3) is 0 Å². The molecule has 2 unspecified atom stereocenters. The maximum Gasteiger partial charge on any atom is 0.405 e. The quantitative estimate of drug-likeness (QED) is 0.715. The predicted octanol–water partition coefficient (Wildman–Crippen LogP) is 0.959. The van der Waals surface area contributed by atoms with Crippen molar-refractivity contribution in [3.05, 3.63) is 12.2 Å². The molecule has 1 rings (SSSR count). The van der Waals surface area contributed by atoms with Gasteiger partial charge in [-0.05, 0) is 11.5 Å². The molecule has 0 saturated carbocycles. The minimum atomic E-state index is -1.25. The predicted molar refractivity (Wildman–Crippen MR) is 64.7 cm³/mol. The zero-order valence-corrected chi connectivity index (χ0v) is 10.7. The van der Waals surface area contributed by atoms with E-state index in [4.69, 9.17) is 10.4 Å². The van der Waals surface area contributed by atoms with Gasteiger partial charge in [-0.1, -0.05) is 26.8 Å². The minimum absolute atomic E-state index is 0.338. The second-order valence-electron chi connectivity index (χ2n) is 5.24. The van der Waals surface area contributed by atoms with E-state index in [0.29, 0.717) is 6.54 Å². The maximum atomic E-state index is 12.3. The summed E-state index contributed by atoms with van der Waals surface area (Å²) in [4.78, 5) is 24.4. The third-order valence-corrected chi connectivity index (χ3v) is 2.75. The van der Waals surface area contributed by atoms with Crippen LogP contribution in [0.4, 0.5) is 4.79 Å². The van der Waals surface area contributed by atoms with E-state index in [0.717, 1.165) is 0 Å². The van der Waals surface area contributed by atoms with Gasteiger partial charge in [0.1, 0.15) is 12.1 Å². The van der Waals surface area contributed by atoms with E-state index in [2.05, 4.69) is 5.32 Å². The third kappa shape index (κ3) is 3.00. The number of amides is 2. The van der Waals surface area contributed by atoms with Crippen molar-refractivity contribution in [1.82, 2.24) is 10.2 Å². The summed E-state index contributed by atoms with van der Waals surface area (Å²) in [5, 5.41) is 19.9. The van der Waals surface area contributed by atoms with E-state index in [-0.39, 0.29) is 5.91 Å². The lowest BCUT2D eigenvalue weighted by atomic mass is 9.85. The van der Waals surface area contributed by atoms with Crippen molar-refractivity contribution in [3.8, 4) is 6.07 Å². The first kappa shape index (κ1) is 14.0. The molecule has 6 nitrogen and oxygen atoms in total. The lowest BCUT2D eigenvalue weighted by Crippen LogP contribution is -2.55. The van der Waals surface area contributed by atoms with E-state index in [1.54, 1.807) is 32.9 Å². The molecule has 0 aromatic carbocycles. The zero-order valence-electron chi connectivity index (χ0n) is 10.7. The molecule has 0 aromatic rings. The summed E-state index contributed by atoms with van der Waals surface area (Å²) in [6.07, 6.45) is 2.12. The highest BCUT2D eigenvalue weighted by Crippen LogP contribution is 2.23. The first-order valence-electron chi connectivity index (χ1n) is 5.63. The highest BCUT2D eigenvalue weighted by Gasteiger charge is 2.38. The van der Waals surface area contributed by atoms with Gasteiger partial charge in [-0.25, -0.2) is 4.79 Å². The molecule has 98 valence electrons. The Balaban J connectivity index is 2.90. The van der Waals surface area contributed by atoms with Crippen molar-refractivity contribution in [3.63, 3.8) is 0 Å². The van der Waals surface area contributed by atoms with Crippen LogP contribution in [0.3, 0.4) is 0 Å². The zero-order chi connectivity index (χ0) is 13.9. The number of nitrogens with zero attached hydrogens (tertiary/aromatic N) is 2. The van der Waals surface area contributed by atoms with E-state index in [1.165, 1.54) is 4.90 Å². The Bertz CT molecular complexity index is 417. The Morgan fingerprint density at radius 3 is 2.61 bits per heavy atom. The van der Waals surface area contributed by atoms with Crippen LogP contribution in [0.2, 0.25) is 0 Å². The first-order chi connectivity index (χ1) is 8.27. The van der Waals surface area contributed by atoms with Crippen LogP contribution < -0.4 is 5.32 Å². The van der Waals surface area contributed by atoms with Gasteiger partial charge in [0, 0.05) is 6.54 Å². The molecule has 0 fully saturated rings. The molecule has 2 N–H and O–H groups in total. The molecule has 0 aromatic heterocycles. The fraction of sp³-hybridized carbons (Fsp3) is 0.583. The average molecular weight is 251 g/mol. The topological polar surface area (TPSA) is 93.4 Å². The number of carbonyl (C=O) groups excluding carboxylic acids is 1. The van der Waals surface area contributed by atoms with Gasteiger partial charge in [-0.2, -0.15) is 5.26 Å².